The minimum atomic E-state index is 0.109. The normalized spacial score (nSPS) is 23.8. The van der Waals surface area contributed by atoms with Crippen LogP contribution in [0.2, 0.25) is 0 Å². The van der Waals surface area contributed by atoms with E-state index >= 15 is 0 Å². The Hall–Kier alpha value is -1.84. The number of hydrogen-bond donors (Lipinski definition) is 1. The fourth-order valence-electron chi connectivity index (χ4n) is 4.56. The molecule has 2 amide bonds. The number of benzene rings is 1. The zero-order valence-corrected chi connectivity index (χ0v) is 16.7. The summed E-state index contributed by atoms with van der Waals surface area (Å²) in [6.07, 6.45) is 7.76. The largest absolute Gasteiger partial charge is 0.356 e. The van der Waals surface area contributed by atoms with E-state index in [2.05, 4.69) is 47.5 Å². The number of nitrogens with one attached hydrogen (secondary N) is 1. The van der Waals surface area contributed by atoms with Crippen molar-refractivity contribution in [2.45, 2.75) is 58.3 Å². The van der Waals surface area contributed by atoms with Crippen LogP contribution in [0.15, 0.2) is 30.3 Å². The molecule has 1 aromatic carbocycles. The summed E-state index contributed by atoms with van der Waals surface area (Å²) < 4.78 is 0. The topological polar surface area (TPSA) is 49.4 Å². The van der Waals surface area contributed by atoms with Crippen LogP contribution < -0.4 is 5.32 Å². The molecule has 0 spiro atoms. The van der Waals surface area contributed by atoms with Crippen LogP contribution in [0.3, 0.4) is 0 Å². The summed E-state index contributed by atoms with van der Waals surface area (Å²) in [6, 6.07) is 10.7. The molecule has 3 rings (SSSR count). The molecule has 27 heavy (non-hydrogen) atoms. The van der Waals surface area contributed by atoms with E-state index in [0.29, 0.717) is 11.8 Å². The highest BCUT2D eigenvalue weighted by atomic mass is 16.2. The molecule has 4 nitrogen and oxygen atoms in total. The van der Waals surface area contributed by atoms with E-state index in [0.717, 1.165) is 71.0 Å². The highest BCUT2D eigenvalue weighted by Gasteiger charge is 2.33. The van der Waals surface area contributed by atoms with Crippen LogP contribution >= 0.6 is 0 Å². The maximum atomic E-state index is 12.9. The Morgan fingerprint density at radius 3 is 2.22 bits per heavy atom. The van der Waals surface area contributed by atoms with Gasteiger partial charge in [-0.1, -0.05) is 37.3 Å². The van der Waals surface area contributed by atoms with E-state index in [1.54, 1.807) is 0 Å². The van der Waals surface area contributed by atoms with E-state index in [9.17, 15) is 9.59 Å². The van der Waals surface area contributed by atoms with Gasteiger partial charge in [-0.2, -0.15) is 0 Å². The predicted molar refractivity (Wildman–Crippen MR) is 108 cm³/mol. The molecule has 148 valence electrons. The predicted octanol–water partition coefficient (Wildman–Crippen LogP) is 3.80. The van der Waals surface area contributed by atoms with Crippen LogP contribution in [0, 0.1) is 17.8 Å². The summed E-state index contributed by atoms with van der Waals surface area (Å²) in [5.41, 5.74) is 1.40. The number of nitrogens with zero attached hydrogens (tertiary/aromatic N) is 1. The quantitative estimate of drug-likeness (QED) is 0.828. The van der Waals surface area contributed by atoms with Crippen molar-refractivity contribution in [1.29, 1.82) is 0 Å². The van der Waals surface area contributed by atoms with Gasteiger partial charge in [-0.05, 0) is 62.8 Å². The van der Waals surface area contributed by atoms with Crippen LogP contribution in [0.4, 0.5) is 0 Å². The number of carbonyl (C=O) groups excluding carboxylic acids is 2. The van der Waals surface area contributed by atoms with Crippen LogP contribution in [-0.4, -0.2) is 36.3 Å². The van der Waals surface area contributed by atoms with Gasteiger partial charge in [0.2, 0.25) is 11.8 Å². The van der Waals surface area contributed by atoms with Gasteiger partial charge in [-0.25, -0.2) is 0 Å². The lowest BCUT2D eigenvalue weighted by Crippen LogP contribution is -2.43. The van der Waals surface area contributed by atoms with Gasteiger partial charge in [0.1, 0.15) is 0 Å². The van der Waals surface area contributed by atoms with Crippen LogP contribution in [0.25, 0.3) is 0 Å². The maximum absolute atomic E-state index is 12.9. The molecule has 0 radical (unpaired) electrons. The molecule has 1 aliphatic carbocycles. The van der Waals surface area contributed by atoms with E-state index in [-0.39, 0.29) is 17.7 Å². The Morgan fingerprint density at radius 2 is 1.59 bits per heavy atom. The molecule has 1 heterocycles. The average Bonchev–Trinajstić information content (AvgIpc) is 2.73. The van der Waals surface area contributed by atoms with Crippen molar-refractivity contribution in [2.24, 2.45) is 17.8 Å². The van der Waals surface area contributed by atoms with Gasteiger partial charge < -0.3 is 10.2 Å². The molecule has 0 unspecified atom stereocenters. The Morgan fingerprint density at radius 1 is 0.963 bits per heavy atom. The van der Waals surface area contributed by atoms with Crippen molar-refractivity contribution < 1.29 is 9.59 Å². The van der Waals surface area contributed by atoms with Gasteiger partial charge in [0.15, 0.2) is 0 Å². The Balaban J connectivity index is 1.40. The molecular formula is C23H34N2O2. The van der Waals surface area contributed by atoms with Crippen molar-refractivity contribution in [1.82, 2.24) is 10.2 Å². The second kappa shape index (κ2) is 9.91. The van der Waals surface area contributed by atoms with E-state index in [1.807, 2.05) is 0 Å². The number of piperidine rings is 1. The minimum Gasteiger partial charge on any atom is -0.356 e. The summed E-state index contributed by atoms with van der Waals surface area (Å²) >= 11 is 0. The third kappa shape index (κ3) is 5.57. The Bertz CT molecular complexity index is 600. The van der Waals surface area contributed by atoms with E-state index in [1.165, 1.54) is 5.56 Å². The number of carbonyl (C=O) groups is 2. The van der Waals surface area contributed by atoms with E-state index in [4.69, 9.17) is 0 Å². The molecule has 1 aromatic rings. The molecule has 1 N–H and O–H groups in total. The van der Waals surface area contributed by atoms with Crippen LogP contribution in [-0.2, 0) is 16.0 Å². The average molecular weight is 371 g/mol. The molecular weight excluding hydrogens is 336 g/mol. The van der Waals surface area contributed by atoms with Crippen molar-refractivity contribution in [3.63, 3.8) is 0 Å². The summed E-state index contributed by atoms with van der Waals surface area (Å²) in [7, 11) is 0. The van der Waals surface area contributed by atoms with Gasteiger partial charge in [0, 0.05) is 31.5 Å². The lowest BCUT2D eigenvalue weighted by atomic mass is 9.80. The molecule has 0 bridgehead atoms. The molecule has 1 saturated heterocycles. The number of likely N-dealkylation sites (tertiary alicyclic amines) is 1. The zero-order valence-electron chi connectivity index (χ0n) is 16.7. The van der Waals surface area contributed by atoms with Gasteiger partial charge in [-0.3, -0.25) is 9.59 Å². The number of amides is 2. The second-order valence-corrected chi connectivity index (χ2v) is 8.30. The summed E-state index contributed by atoms with van der Waals surface area (Å²) in [4.78, 5) is 27.1. The second-order valence-electron chi connectivity index (χ2n) is 8.30. The smallest absolute Gasteiger partial charge is 0.225 e. The Labute approximate surface area is 163 Å². The Kier molecular flexibility index (Phi) is 7.31. The first-order valence-electron chi connectivity index (χ1n) is 10.8. The van der Waals surface area contributed by atoms with Crippen molar-refractivity contribution in [3.05, 3.63) is 35.9 Å². The first-order valence-corrected chi connectivity index (χ1v) is 10.8. The molecule has 4 heteroatoms. The van der Waals surface area contributed by atoms with Crippen molar-refractivity contribution in [3.8, 4) is 0 Å². The molecule has 0 atom stereocenters. The number of rotatable bonds is 6. The molecule has 1 aliphatic heterocycles. The van der Waals surface area contributed by atoms with E-state index < -0.39 is 0 Å². The zero-order chi connectivity index (χ0) is 19.1. The lowest BCUT2D eigenvalue weighted by molar-refractivity contribution is -0.139. The third-order valence-electron chi connectivity index (χ3n) is 6.29. The standard InChI is InChI=1S/C23H34N2O2/c1-2-14-24-22(26)20-8-10-21(11-9-20)23(27)25-15-12-19(13-16-25)17-18-6-4-3-5-7-18/h3-7,19-21H,2,8-17H2,1H3,(H,24,26). The molecule has 1 saturated carbocycles. The van der Waals surface area contributed by atoms with Crippen molar-refractivity contribution >= 4 is 11.8 Å². The monoisotopic (exact) mass is 370 g/mol. The maximum Gasteiger partial charge on any atom is 0.225 e. The van der Waals surface area contributed by atoms with Gasteiger partial charge >= 0.3 is 0 Å². The van der Waals surface area contributed by atoms with Crippen LogP contribution in [0.5, 0.6) is 0 Å². The lowest BCUT2D eigenvalue weighted by Gasteiger charge is -2.36. The SMILES string of the molecule is CCCNC(=O)C1CCC(C(=O)N2CCC(Cc3ccccc3)CC2)CC1. The summed E-state index contributed by atoms with van der Waals surface area (Å²) in [5, 5.41) is 3.00. The van der Waals surface area contributed by atoms with Gasteiger partial charge in [-0.15, -0.1) is 0 Å². The molecule has 2 fully saturated rings. The first-order chi connectivity index (χ1) is 13.2. The van der Waals surface area contributed by atoms with Gasteiger partial charge in [0.25, 0.3) is 0 Å². The first kappa shape index (κ1) is 19.9. The highest BCUT2D eigenvalue weighted by molar-refractivity contribution is 5.81. The highest BCUT2D eigenvalue weighted by Crippen LogP contribution is 2.31. The minimum absolute atomic E-state index is 0.109. The van der Waals surface area contributed by atoms with Crippen LogP contribution in [0.1, 0.15) is 57.4 Å². The fraction of sp³-hybridized carbons (Fsp3) is 0.652. The molecule has 0 aromatic heterocycles. The van der Waals surface area contributed by atoms with Crippen molar-refractivity contribution in [2.75, 3.05) is 19.6 Å². The third-order valence-corrected chi connectivity index (χ3v) is 6.29. The fourth-order valence-corrected chi connectivity index (χ4v) is 4.56. The summed E-state index contributed by atoms with van der Waals surface area (Å²) in [5.74, 6) is 1.45. The number of hydrogen-bond acceptors (Lipinski definition) is 2. The molecule has 2 aliphatic rings. The van der Waals surface area contributed by atoms with Gasteiger partial charge in [0.05, 0.1) is 0 Å². The summed E-state index contributed by atoms with van der Waals surface area (Å²) in [6.45, 7) is 4.62.